The van der Waals surface area contributed by atoms with Crippen molar-refractivity contribution in [2.24, 2.45) is 0 Å². The van der Waals surface area contributed by atoms with Crippen molar-refractivity contribution in [3.05, 3.63) is 46.5 Å². The number of nitrogens with zero attached hydrogens (tertiary/aromatic N) is 5. The number of benzene rings is 1. The second-order valence-electron chi connectivity index (χ2n) is 7.80. The maximum absolute atomic E-state index is 11.0. The van der Waals surface area contributed by atoms with E-state index in [0.717, 1.165) is 5.56 Å². The van der Waals surface area contributed by atoms with Crippen LogP contribution in [0.3, 0.4) is 0 Å². The molecular weight excluding hydrogens is 512 g/mol. The van der Waals surface area contributed by atoms with Gasteiger partial charge in [-0.2, -0.15) is 9.97 Å². The van der Waals surface area contributed by atoms with Crippen LogP contribution in [-0.4, -0.2) is 77.8 Å². The average Bonchev–Trinajstić information content (AvgIpc) is 3.30. The lowest BCUT2D eigenvalue weighted by Crippen LogP contribution is -2.33. The summed E-state index contributed by atoms with van der Waals surface area (Å²) in [7, 11) is -2.59. The summed E-state index contributed by atoms with van der Waals surface area (Å²) in [6, 6.07) is 7.37. The van der Waals surface area contributed by atoms with Gasteiger partial charge in [-0.3, -0.25) is 9.13 Å². The maximum atomic E-state index is 11.0. The van der Waals surface area contributed by atoms with E-state index in [1.165, 1.54) is 10.9 Å². The molecule has 0 radical (unpaired) electrons. The molecule has 0 amide bonds. The first kappa shape index (κ1) is 25.2. The van der Waals surface area contributed by atoms with E-state index in [9.17, 15) is 14.8 Å². The highest BCUT2D eigenvalue weighted by atomic mass is 35.5. The van der Waals surface area contributed by atoms with E-state index in [2.05, 4.69) is 15.0 Å². The number of imidazole rings is 1. The zero-order valence-corrected chi connectivity index (χ0v) is 20.2. The van der Waals surface area contributed by atoms with E-state index in [1.54, 1.807) is 18.0 Å². The monoisotopic (exact) mass is 533 g/mol. The van der Waals surface area contributed by atoms with Crippen molar-refractivity contribution < 1.29 is 34.0 Å². The molecule has 2 aromatic heterocycles. The first-order chi connectivity index (χ1) is 16.0. The predicted molar refractivity (Wildman–Crippen MR) is 123 cm³/mol. The molecule has 3 heterocycles. The fraction of sp³-hybridized carbons (Fsp3) is 0.421. The first-order valence-electron chi connectivity index (χ1n) is 10.0. The predicted octanol–water partition coefficient (Wildman–Crippen LogP) is 1.54. The molecule has 3 aromatic rings. The molecule has 1 aliphatic rings. The molecular formula is C19H22Cl2N5O7P. The van der Waals surface area contributed by atoms with Crippen LogP contribution in [0.5, 0.6) is 0 Å². The molecule has 4 N–H and O–H groups in total. The van der Waals surface area contributed by atoms with Crippen molar-refractivity contribution in [3.63, 3.8) is 0 Å². The number of fused-ring (bicyclic) bond motifs is 1. The summed E-state index contributed by atoms with van der Waals surface area (Å²) in [6.07, 6.45) is -4.36. The quantitative estimate of drug-likeness (QED) is 0.245. The molecule has 1 unspecified atom stereocenters. The second-order valence-corrected chi connectivity index (χ2v) is 10.1. The number of aromatic nitrogens is 4. The van der Waals surface area contributed by atoms with Crippen molar-refractivity contribution >= 4 is 47.8 Å². The largest absolute Gasteiger partial charge is 0.387 e. The van der Waals surface area contributed by atoms with E-state index in [0.29, 0.717) is 22.9 Å². The van der Waals surface area contributed by atoms with Crippen molar-refractivity contribution in [1.29, 1.82) is 0 Å². The number of halogens is 2. The Balaban J connectivity index is 1.59. The Morgan fingerprint density at radius 3 is 2.65 bits per heavy atom. The van der Waals surface area contributed by atoms with Gasteiger partial charge in [0.2, 0.25) is 5.28 Å². The average molecular weight is 534 g/mol. The van der Waals surface area contributed by atoms with Crippen LogP contribution < -0.4 is 4.90 Å². The summed E-state index contributed by atoms with van der Waals surface area (Å²) < 4.78 is 23.0. The van der Waals surface area contributed by atoms with Gasteiger partial charge < -0.3 is 34.4 Å². The van der Waals surface area contributed by atoms with Gasteiger partial charge in [-0.1, -0.05) is 29.8 Å². The molecule has 1 aliphatic heterocycles. The molecule has 4 atom stereocenters. The highest BCUT2D eigenvalue weighted by Crippen LogP contribution is 2.36. The molecule has 4 rings (SSSR count). The molecule has 0 bridgehead atoms. The van der Waals surface area contributed by atoms with Crippen LogP contribution in [0.25, 0.3) is 11.2 Å². The Labute approximate surface area is 203 Å². The zero-order valence-electron chi connectivity index (χ0n) is 17.8. The van der Waals surface area contributed by atoms with Crippen LogP contribution in [0, 0.1) is 0 Å². The first-order valence-corrected chi connectivity index (χ1v) is 12.6. The number of hydrogen-bond donors (Lipinski definition) is 4. The van der Waals surface area contributed by atoms with Crippen LogP contribution in [0.1, 0.15) is 11.8 Å². The van der Waals surface area contributed by atoms with E-state index in [4.69, 9.17) is 42.5 Å². The van der Waals surface area contributed by atoms with Gasteiger partial charge in [0.25, 0.3) is 0 Å². The number of hydrogen-bond acceptors (Lipinski definition) is 9. The number of rotatable bonds is 8. The highest BCUT2D eigenvalue weighted by molar-refractivity contribution is 7.51. The van der Waals surface area contributed by atoms with E-state index >= 15 is 0 Å². The summed E-state index contributed by atoms with van der Waals surface area (Å²) in [5.74, 6) is 0.420. The summed E-state index contributed by atoms with van der Waals surface area (Å²) >= 11 is 12.5. The molecule has 1 aromatic carbocycles. The van der Waals surface area contributed by atoms with Crippen LogP contribution in [0.4, 0.5) is 5.82 Å². The van der Waals surface area contributed by atoms with Crippen molar-refractivity contribution in [3.8, 4) is 0 Å². The van der Waals surface area contributed by atoms with Gasteiger partial charge >= 0.3 is 7.60 Å². The third kappa shape index (κ3) is 5.35. The normalized spacial score (nSPS) is 23.0. The maximum Gasteiger partial charge on any atom is 0.350 e. The lowest BCUT2D eigenvalue weighted by molar-refractivity contribution is -0.0612. The van der Waals surface area contributed by atoms with Crippen LogP contribution in [0.2, 0.25) is 10.3 Å². The molecule has 0 saturated carbocycles. The minimum Gasteiger partial charge on any atom is -0.387 e. The summed E-state index contributed by atoms with van der Waals surface area (Å²) in [5.41, 5.74) is 1.50. The van der Waals surface area contributed by atoms with Crippen molar-refractivity contribution in [2.75, 3.05) is 24.9 Å². The van der Waals surface area contributed by atoms with Gasteiger partial charge in [-0.25, -0.2) is 4.98 Å². The molecule has 12 nitrogen and oxygen atoms in total. The number of ether oxygens (including phenoxy) is 2. The molecule has 0 aliphatic carbocycles. The number of aliphatic hydroxyl groups excluding tert-OH is 2. The van der Waals surface area contributed by atoms with Gasteiger partial charge in [0.05, 0.1) is 12.9 Å². The Kier molecular flexibility index (Phi) is 7.44. The third-order valence-corrected chi connectivity index (χ3v) is 6.31. The summed E-state index contributed by atoms with van der Waals surface area (Å²) in [4.78, 5) is 32.5. The minimum absolute atomic E-state index is 0.0650. The molecule has 0 spiro atoms. The van der Waals surface area contributed by atoms with E-state index < -0.39 is 38.5 Å². The molecule has 184 valence electrons. The lowest BCUT2D eigenvalue weighted by atomic mass is 10.1. The number of aliphatic hydroxyl groups is 2. The lowest BCUT2D eigenvalue weighted by Gasteiger charge is -2.20. The fourth-order valence-corrected chi connectivity index (χ4v) is 4.37. The SMILES string of the molecule is CN(Cc1ccccc1Cl)c1nc(Cl)nc2c1ncn2C1O[C@H](COCP(=O)(O)O)[C@@H](O)[C@H]1O. The van der Waals surface area contributed by atoms with Gasteiger partial charge in [0.1, 0.15) is 24.7 Å². The zero-order chi connectivity index (χ0) is 24.6. The van der Waals surface area contributed by atoms with Crippen molar-refractivity contribution in [1.82, 2.24) is 19.5 Å². The second kappa shape index (κ2) is 10.0. The standard InChI is InChI=1S/C19H22Cl2N5O7P/c1-25(6-10-4-2-3-5-11(10)20)16-13-17(24-19(21)23-16)26(8-22-13)18-15(28)14(27)12(33-18)7-32-9-34(29,30)31/h2-5,8,12,14-15,18,27-28H,6-7,9H2,1H3,(H2,29,30,31)/t12-,14-,15-,18?/m1/s1. The summed E-state index contributed by atoms with van der Waals surface area (Å²) in [5, 5.41) is 21.4. The van der Waals surface area contributed by atoms with Gasteiger partial charge in [0, 0.05) is 18.6 Å². The number of anilines is 1. The fourth-order valence-electron chi connectivity index (χ4n) is 3.67. The van der Waals surface area contributed by atoms with Crippen LogP contribution in [0.15, 0.2) is 30.6 Å². The Morgan fingerprint density at radius 1 is 1.21 bits per heavy atom. The van der Waals surface area contributed by atoms with Gasteiger partial charge in [0.15, 0.2) is 23.2 Å². The Bertz CT molecular complexity index is 1220. The van der Waals surface area contributed by atoms with Crippen LogP contribution >= 0.6 is 30.8 Å². The molecule has 1 saturated heterocycles. The van der Waals surface area contributed by atoms with Gasteiger partial charge in [-0.15, -0.1) is 0 Å². The smallest absolute Gasteiger partial charge is 0.350 e. The molecule has 1 fully saturated rings. The van der Waals surface area contributed by atoms with Crippen LogP contribution in [-0.2, 0) is 20.6 Å². The highest BCUT2D eigenvalue weighted by Gasteiger charge is 2.44. The third-order valence-electron chi connectivity index (χ3n) is 5.26. The Hall–Kier alpha value is -1.86. The van der Waals surface area contributed by atoms with Crippen molar-refractivity contribution in [2.45, 2.75) is 31.1 Å². The molecule has 15 heteroatoms. The topological polar surface area (TPSA) is 163 Å². The van der Waals surface area contributed by atoms with E-state index in [-0.39, 0.29) is 17.5 Å². The molecule has 34 heavy (non-hydrogen) atoms. The Morgan fingerprint density at radius 2 is 1.94 bits per heavy atom. The summed E-state index contributed by atoms with van der Waals surface area (Å²) in [6.45, 7) is 0.0727. The van der Waals surface area contributed by atoms with E-state index in [1.807, 2.05) is 18.2 Å². The van der Waals surface area contributed by atoms with Gasteiger partial charge in [-0.05, 0) is 23.2 Å². The minimum atomic E-state index is -4.38.